The van der Waals surface area contributed by atoms with Crippen LogP contribution in [-0.4, -0.2) is 57.6 Å². The smallest absolute Gasteiger partial charge is 0.272 e. The molecule has 4 heterocycles. The average Bonchev–Trinajstić information content (AvgIpc) is 3.37. The molecule has 2 aromatic heterocycles. The number of pyridine rings is 1. The number of imidazole rings is 1. The Hall–Kier alpha value is -3.72. The van der Waals surface area contributed by atoms with Crippen LogP contribution >= 0.6 is 0 Å². The molecule has 1 saturated heterocycles. The zero-order chi connectivity index (χ0) is 24.4. The Morgan fingerprint density at radius 2 is 1.94 bits per heavy atom. The topological polar surface area (TPSA) is 98.6 Å². The first kappa shape index (κ1) is 23.0. The second-order valence-electron chi connectivity index (χ2n) is 9.03. The first-order valence-electron chi connectivity index (χ1n) is 11.8. The average molecular weight is 476 g/mol. The van der Waals surface area contributed by atoms with Crippen molar-refractivity contribution in [2.45, 2.75) is 44.6 Å². The van der Waals surface area contributed by atoms with Gasteiger partial charge < -0.3 is 24.3 Å². The van der Waals surface area contributed by atoms with Crippen LogP contribution < -0.4 is 10.1 Å². The molecule has 0 bridgehead atoms. The Morgan fingerprint density at radius 1 is 1.17 bits per heavy atom. The molecule has 0 unspecified atom stereocenters. The fourth-order valence-electron chi connectivity index (χ4n) is 4.82. The number of rotatable bonds is 5. The van der Waals surface area contributed by atoms with Gasteiger partial charge >= 0.3 is 0 Å². The van der Waals surface area contributed by atoms with E-state index in [1.165, 1.54) is 0 Å². The van der Waals surface area contributed by atoms with Crippen LogP contribution in [-0.2, 0) is 28.2 Å². The summed E-state index contributed by atoms with van der Waals surface area (Å²) in [6.07, 6.45) is 4.10. The number of fused-ring (bicyclic) bond motifs is 2. The molecule has 1 spiro atoms. The number of amides is 2. The lowest BCUT2D eigenvalue weighted by molar-refractivity contribution is -0.172. The highest BCUT2D eigenvalue weighted by Crippen LogP contribution is 2.40. The van der Waals surface area contributed by atoms with Crippen molar-refractivity contribution in [2.24, 2.45) is 0 Å². The fraction of sp³-hybridized carbons (Fsp3) is 0.385. The number of ether oxygens (including phenoxy) is 2. The van der Waals surface area contributed by atoms with Crippen LogP contribution in [0.2, 0.25) is 0 Å². The molecule has 5 rings (SSSR count). The lowest BCUT2D eigenvalue weighted by atomic mass is 9.88. The molecule has 1 aromatic carbocycles. The van der Waals surface area contributed by atoms with Gasteiger partial charge in [0, 0.05) is 50.6 Å². The fourth-order valence-corrected chi connectivity index (χ4v) is 4.82. The Bertz CT molecular complexity index is 1210. The summed E-state index contributed by atoms with van der Waals surface area (Å²) in [6.45, 7) is 3.68. The molecular formula is C26H29N5O4. The maximum atomic E-state index is 13.1. The second-order valence-corrected chi connectivity index (χ2v) is 9.03. The minimum Gasteiger partial charge on any atom is -0.497 e. The van der Waals surface area contributed by atoms with E-state index < -0.39 is 11.7 Å². The van der Waals surface area contributed by atoms with Gasteiger partial charge in [0.15, 0.2) is 6.10 Å². The van der Waals surface area contributed by atoms with E-state index >= 15 is 0 Å². The lowest BCUT2D eigenvalue weighted by Gasteiger charge is -2.45. The zero-order valence-corrected chi connectivity index (χ0v) is 19.9. The normalized spacial score (nSPS) is 18.7. The molecule has 0 aliphatic carbocycles. The second kappa shape index (κ2) is 9.50. The van der Waals surface area contributed by atoms with Crippen molar-refractivity contribution in [3.8, 4) is 5.75 Å². The first-order chi connectivity index (χ1) is 17.0. The maximum absolute atomic E-state index is 13.1. The van der Waals surface area contributed by atoms with Crippen LogP contribution in [0, 0.1) is 6.92 Å². The van der Waals surface area contributed by atoms with Crippen molar-refractivity contribution in [1.82, 2.24) is 24.8 Å². The number of aryl methyl sites for hydroxylation is 1. The molecule has 1 atom stereocenters. The summed E-state index contributed by atoms with van der Waals surface area (Å²) in [6, 6.07) is 13.0. The van der Waals surface area contributed by atoms with Gasteiger partial charge in [0.1, 0.15) is 22.9 Å². The number of likely N-dealkylation sites (tertiary alicyclic amines) is 1. The Kier molecular flexibility index (Phi) is 6.25. The molecule has 2 aliphatic heterocycles. The molecule has 1 fully saturated rings. The van der Waals surface area contributed by atoms with E-state index in [0.717, 1.165) is 22.8 Å². The van der Waals surface area contributed by atoms with Gasteiger partial charge in [-0.05, 0) is 36.8 Å². The zero-order valence-electron chi connectivity index (χ0n) is 19.9. The number of methoxy groups -OCH3 is 1. The van der Waals surface area contributed by atoms with Gasteiger partial charge in [-0.15, -0.1) is 0 Å². The molecule has 1 N–H and O–H groups in total. The Labute approximate surface area is 204 Å². The molecular weight excluding hydrogens is 446 g/mol. The summed E-state index contributed by atoms with van der Waals surface area (Å²) in [5.41, 5.74) is 1.53. The molecule has 2 aliphatic rings. The van der Waals surface area contributed by atoms with Gasteiger partial charge in [-0.25, -0.2) is 9.97 Å². The van der Waals surface area contributed by atoms with E-state index in [2.05, 4.69) is 15.3 Å². The minimum atomic E-state index is -0.708. The SMILES string of the molecule is COc1ccc(CNC(=O)[C@@H]2Cn3ccnc3C3(CCN(C(=O)c4cccc(C)n4)CC3)O2)cc1. The maximum Gasteiger partial charge on any atom is 0.272 e. The number of benzene rings is 1. The number of nitrogens with zero attached hydrogens (tertiary/aromatic N) is 4. The highest BCUT2D eigenvalue weighted by molar-refractivity contribution is 5.92. The highest BCUT2D eigenvalue weighted by Gasteiger charge is 2.47. The number of nitrogens with one attached hydrogen (secondary N) is 1. The van der Waals surface area contributed by atoms with E-state index in [1.54, 1.807) is 24.3 Å². The third kappa shape index (κ3) is 4.64. The van der Waals surface area contributed by atoms with Gasteiger partial charge in [-0.3, -0.25) is 9.59 Å². The van der Waals surface area contributed by atoms with E-state index in [0.29, 0.717) is 44.7 Å². The molecule has 182 valence electrons. The van der Waals surface area contributed by atoms with E-state index in [9.17, 15) is 9.59 Å². The highest BCUT2D eigenvalue weighted by atomic mass is 16.5. The monoisotopic (exact) mass is 475 g/mol. The molecule has 2 amide bonds. The first-order valence-corrected chi connectivity index (χ1v) is 11.8. The third-order valence-electron chi connectivity index (χ3n) is 6.74. The van der Waals surface area contributed by atoms with Crippen LogP contribution in [0.15, 0.2) is 54.9 Å². The summed E-state index contributed by atoms with van der Waals surface area (Å²) in [5, 5.41) is 2.99. The molecule has 9 nitrogen and oxygen atoms in total. The van der Waals surface area contributed by atoms with Crippen LogP contribution in [0.1, 0.15) is 40.4 Å². The predicted molar refractivity (Wildman–Crippen MR) is 128 cm³/mol. The largest absolute Gasteiger partial charge is 0.497 e. The summed E-state index contributed by atoms with van der Waals surface area (Å²) >= 11 is 0. The van der Waals surface area contributed by atoms with Crippen molar-refractivity contribution < 1.29 is 19.1 Å². The van der Waals surface area contributed by atoms with Crippen molar-refractivity contribution >= 4 is 11.8 Å². The molecule has 35 heavy (non-hydrogen) atoms. The standard InChI is InChI=1S/C26H29N5O4/c1-18-4-3-5-21(29-18)24(33)30-13-10-26(11-14-30)25-27-12-15-31(25)17-22(35-26)23(32)28-16-19-6-8-20(34-2)9-7-19/h3-9,12,15,22H,10-11,13-14,16-17H2,1-2H3,(H,28,32)/t22-/m0/s1. The van der Waals surface area contributed by atoms with Crippen LogP contribution in [0.25, 0.3) is 0 Å². The van der Waals surface area contributed by atoms with Gasteiger partial charge in [-0.1, -0.05) is 18.2 Å². The summed E-state index contributed by atoms with van der Waals surface area (Å²) < 4.78 is 13.7. The van der Waals surface area contributed by atoms with E-state index in [1.807, 2.05) is 54.1 Å². The van der Waals surface area contributed by atoms with Crippen LogP contribution in [0.3, 0.4) is 0 Å². The van der Waals surface area contributed by atoms with E-state index in [-0.39, 0.29) is 11.8 Å². The molecule has 9 heteroatoms. The van der Waals surface area contributed by atoms with E-state index in [4.69, 9.17) is 9.47 Å². The minimum absolute atomic E-state index is 0.0866. The van der Waals surface area contributed by atoms with Crippen molar-refractivity contribution in [2.75, 3.05) is 20.2 Å². The van der Waals surface area contributed by atoms with Gasteiger partial charge in [0.25, 0.3) is 11.8 Å². The van der Waals surface area contributed by atoms with Gasteiger partial charge in [0.2, 0.25) is 0 Å². The van der Waals surface area contributed by atoms with Gasteiger partial charge in [-0.2, -0.15) is 0 Å². The number of carbonyl (C=O) groups excluding carboxylic acids is 2. The lowest BCUT2D eigenvalue weighted by Crippen LogP contribution is -2.54. The summed E-state index contributed by atoms with van der Waals surface area (Å²) in [7, 11) is 1.62. The molecule has 0 saturated carbocycles. The number of piperidine rings is 1. The van der Waals surface area contributed by atoms with Crippen LogP contribution in [0.5, 0.6) is 5.75 Å². The predicted octanol–water partition coefficient (Wildman–Crippen LogP) is 2.44. The summed E-state index contributed by atoms with van der Waals surface area (Å²) in [5.74, 6) is 1.34. The van der Waals surface area contributed by atoms with Gasteiger partial charge in [0.05, 0.1) is 13.7 Å². The van der Waals surface area contributed by atoms with Crippen molar-refractivity contribution in [3.05, 3.63) is 77.6 Å². The number of hydrogen-bond acceptors (Lipinski definition) is 6. The van der Waals surface area contributed by atoms with Crippen molar-refractivity contribution in [3.63, 3.8) is 0 Å². The Balaban J connectivity index is 1.26. The molecule has 0 radical (unpaired) electrons. The number of carbonyl (C=O) groups is 2. The summed E-state index contributed by atoms with van der Waals surface area (Å²) in [4.78, 5) is 36.8. The van der Waals surface area contributed by atoms with Crippen LogP contribution in [0.4, 0.5) is 0 Å². The van der Waals surface area contributed by atoms with Crippen molar-refractivity contribution in [1.29, 1.82) is 0 Å². The molecule has 3 aromatic rings. The number of aromatic nitrogens is 3. The Morgan fingerprint density at radius 3 is 2.66 bits per heavy atom. The number of hydrogen-bond donors (Lipinski definition) is 1. The third-order valence-corrected chi connectivity index (χ3v) is 6.74. The quantitative estimate of drug-likeness (QED) is 0.609.